The van der Waals surface area contributed by atoms with E-state index >= 15 is 0 Å². The molecule has 0 radical (unpaired) electrons. The topological polar surface area (TPSA) is 76.1 Å². The lowest BCUT2D eigenvalue weighted by Crippen LogP contribution is -2.15. The Morgan fingerprint density at radius 2 is 1.80 bits per heavy atom. The van der Waals surface area contributed by atoms with E-state index in [0.717, 1.165) is 4.88 Å². The monoisotopic (exact) mass is 452 g/mol. The predicted octanol–water partition coefficient (Wildman–Crippen LogP) is 4.50. The normalized spacial score (nSPS) is 24.8. The molecular weight excluding hydrogens is 430 g/mol. The van der Waals surface area contributed by atoms with E-state index < -0.39 is 34.0 Å². The number of halogens is 2. The Kier molecular flexibility index (Phi) is 5.76. The summed E-state index contributed by atoms with van der Waals surface area (Å²) in [7, 11) is -3.34. The average molecular weight is 453 g/mol. The van der Waals surface area contributed by atoms with Gasteiger partial charge in [-0.3, -0.25) is 10.1 Å². The maximum Gasteiger partial charge on any atom is 0.257 e. The highest BCUT2D eigenvalue weighted by molar-refractivity contribution is 7.92. The minimum Gasteiger partial charge on any atom is -0.298 e. The Balaban J connectivity index is 1.63. The number of aromatic nitrogens is 1. The van der Waals surface area contributed by atoms with Gasteiger partial charge in [0.05, 0.1) is 10.1 Å². The molecule has 2 aromatic rings. The molecule has 2 saturated carbocycles. The number of alkyl halides is 2. The molecule has 1 N–H and O–H groups in total. The predicted molar refractivity (Wildman–Crippen MR) is 113 cm³/mol. The first-order valence-corrected chi connectivity index (χ1v) is 12.2. The highest BCUT2D eigenvalue weighted by Gasteiger charge is 2.37. The molecule has 4 rings (SSSR count). The van der Waals surface area contributed by atoms with E-state index in [4.69, 9.17) is 0 Å². The molecule has 1 aromatic heterocycles. The second-order valence-electron chi connectivity index (χ2n) is 7.84. The zero-order valence-corrected chi connectivity index (χ0v) is 18.0. The fourth-order valence-corrected chi connectivity index (χ4v) is 5.93. The molecule has 3 atom stereocenters. The van der Waals surface area contributed by atoms with Crippen molar-refractivity contribution in [2.75, 3.05) is 5.32 Å². The maximum absolute atomic E-state index is 13.7. The Bertz CT molecular complexity index is 1070. The van der Waals surface area contributed by atoms with E-state index in [-0.39, 0.29) is 28.6 Å². The Labute approximate surface area is 178 Å². The second kappa shape index (κ2) is 8.19. The smallest absolute Gasteiger partial charge is 0.257 e. The van der Waals surface area contributed by atoms with Crippen LogP contribution in [0.5, 0.6) is 0 Å². The van der Waals surface area contributed by atoms with Crippen LogP contribution in [-0.4, -0.2) is 36.9 Å². The highest BCUT2D eigenvalue weighted by Crippen LogP contribution is 2.36. The van der Waals surface area contributed by atoms with Gasteiger partial charge in [0.2, 0.25) is 0 Å². The number of carbonyl (C=O) groups is 1. The summed E-state index contributed by atoms with van der Waals surface area (Å²) >= 11 is 1.32. The van der Waals surface area contributed by atoms with Gasteiger partial charge in [-0.15, -0.1) is 11.3 Å². The van der Waals surface area contributed by atoms with E-state index in [2.05, 4.69) is 10.3 Å². The Morgan fingerprint density at radius 1 is 1.17 bits per heavy atom. The van der Waals surface area contributed by atoms with Gasteiger partial charge >= 0.3 is 0 Å². The zero-order chi connectivity index (χ0) is 21.5. The zero-order valence-electron chi connectivity index (χ0n) is 16.3. The summed E-state index contributed by atoms with van der Waals surface area (Å²) in [6.07, 6.45) is 1.52. The summed E-state index contributed by atoms with van der Waals surface area (Å²) in [4.78, 5) is 18.2. The van der Waals surface area contributed by atoms with Crippen molar-refractivity contribution >= 4 is 37.8 Å². The van der Waals surface area contributed by atoms with Gasteiger partial charge in [-0.2, -0.15) is 0 Å². The van der Waals surface area contributed by atoms with Crippen molar-refractivity contribution in [2.45, 2.75) is 55.1 Å². The standard InChI is InChI=1S/C21H22F2N2O3S2/c1-12-11-24-21(29-12)25-20(26)17(8-13-9-18(22)19(23)10-13)14-2-4-15(5-3-14)30(27,28)16-6-7-16/h2-5,8,11,13,16,18-19H,6-7,9-10H2,1H3,(H,24,25,26)/b17-8+/t13-,18+,19-. The van der Waals surface area contributed by atoms with Gasteiger partial charge in [-0.05, 0) is 56.2 Å². The van der Waals surface area contributed by atoms with Crippen LogP contribution in [0.15, 0.2) is 41.4 Å². The number of nitrogens with zero attached hydrogens (tertiary/aromatic N) is 1. The van der Waals surface area contributed by atoms with Crippen LogP contribution in [0.1, 0.15) is 36.1 Å². The van der Waals surface area contributed by atoms with Crippen molar-refractivity contribution < 1.29 is 22.0 Å². The number of nitrogens with one attached hydrogen (secondary N) is 1. The van der Waals surface area contributed by atoms with Crippen LogP contribution >= 0.6 is 11.3 Å². The molecule has 2 fully saturated rings. The maximum atomic E-state index is 13.7. The molecule has 9 heteroatoms. The molecule has 1 amide bonds. The van der Waals surface area contributed by atoms with Crippen LogP contribution in [-0.2, 0) is 14.6 Å². The molecule has 30 heavy (non-hydrogen) atoms. The molecule has 0 saturated heterocycles. The van der Waals surface area contributed by atoms with Crippen LogP contribution in [0.4, 0.5) is 13.9 Å². The van der Waals surface area contributed by atoms with Crippen molar-refractivity contribution in [2.24, 2.45) is 5.92 Å². The van der Waals surface area contributed by atoms with E-state index in [1.807, 2.05) is 6.92 Å². The van der Waals surface area contributed by atoms with E-state index in [0.29, 0.717) is 23.5 Å². The van der Waals surface area contributed by atoms with Gasteiger partial charge in [-0.25, -0.2) is 22.2 Å². The molecule has 0 bridgehead atoms. The van der Waals surface area contributed by atoms with Gasteiger partial charge in [0.1, 0.15) is 12.3 Å². The third-order valence-corrected chi connectivity index (χ3v) is 8.50. The fraction of sp³-hybridized carbons (Fsp3) is 0.429. The van der Waals surface area contributed by atoms with Crippen molar-refractivity contribution in [1.29, 1.82) is 0 Å². The van der Waals surface area contributed by atoms with E-state index in [9.17, 15) is 22.0 Å². The molecular formula is C21H22F2N2O3S2. The second-order valence-corrected chi connectivity index (χ2v) is 11.3. The number of benzene rings is 1. The van der Waals surface area contributed by atoms with Gasteiger partial charge < -0.3 is 0 Å². The summed E-state index contributed by atoms with van der Waals surface area (Å²) in [5.74, 6) is -0.858. The molecule has 160 valence electrons. The SMILES string of the molecule is Cc1cnc(NC(=O)/C(=C/[C@H]2C[C@@H](F)[C@@H](F)C2)c2ccc(S(=O)(=O)C3CC3)cc2)s1. The lowest BCUT2D eigenvalue weighted by Gasteiger charge is -2.12. The van der Waals surface area contributed by atoms with Crippen molar-refractivity contribution in [3.63, 3.8) is 0 Å². The van der Waals surface area contributed by atoms with Crippen molar-refractivity contribution in [1.82, 2.24) is 4.98 Å². The lowest BCUT2D eigenvalue weighted by molar-refractivity contribution is -0.111. The Morgan fingerprint density at radius 3 is 2.33 bits per heavy atom. The average Bonchev–Trinajstić information content (AvgIpc) is 3.42. The number of carbonyl (C=O) groups excluding carboxylic acids is 1. The van der Waals surface area contributed by atoms with E-state index in [1.165, 1.54) is 23.5 Å². The number of hydrogen-bond acceptors (Lipinski definition) is 5. The van der Waals surface area contributed by atoms with Crippen LogP contribution in [0.25, 0.3) is 5.57 Å². The number of amides is 1. The summed E-state index contributed by atoms with van der Waals surface area (Å²) in [5, 5.41) is 2.83. The van der Waals surface area contributed by atoms with Crippen LogP contribution < -0.4 is 5.32 Å². The molecule has 0 spiro atoms. The summed E-state index contributed by atoms with van der Waals surface area (Å²) in [5.41, 5.74) is 0.748. The molecule has 2 aliphatic rings. The summed E-state index contributed by atoms with van der Waals surface area (Å²) in [6, 6.07) is 6.12. The lowest BCUT2D eigenvalue weighted by atomic mass is 9.98. The van der Waals surface area contributed by atoms with Gasteiger partial charge in [-0.1, -0.05) is 18.2 Å². The van der Waals surface area contributed by atoms with E-state index in [1.54, 1.807) is 24.4 Å². The number of allylic oxidation sites excluding steroid dienone is 1. The van der Waals surface area contributed by atoms with Crippen LogP contribution in [0.2, 0.25) is 0 Å². The molecule has 5 nitrogen and oxygen atoms in total. The third kappa shape index (κ3) is 4.46. The van der Waals surface area contributed by atoms with Crippen LogP contribution in [0, 0.1) is 12.8 Å². The first kappa shape index (κ1) is 21.1. The minimum atomic E-state index is -3.34. The largest absolute Gasteiger partial charge is 0.298 e. The summed E-state index contributed by atoms with van der Waals surface area (Å²) < 4.78 is 52.2. The third-order valence-electron chi connectivity index (χ3n) is 5.39. The number of aryl methyl sites for hydroxylation is 1. The van der Waals surface area contributed by atoms with Crippen molar-refractivity contribution in [3.8, 4) is 0 Å². The number of thiazole rings is 1. The van der Waals surface area contributed by atoms with Gasteiger partial charge in [0, 0.05) is 16.6 Å². The van der Waals surface area contributed by atoms with Crippen molar-refractivity contribution in [3.05, 3.63) is 47.0 Å². The molecule has 2 aliphatic carbocycles. The number of anilines is 1. The molecule has 0 unspecified atom stereocenters. The molecule has 1 heterocycles. The fourth-order valence-electron chi connectivity index (χ4n) is 3.62. The quantitative estimate of drug-likeness (QED) is 0.655. The minimum absolute atomic E-state index is 0.0163. The first-order valence-electron chi connectivity index (χ1n) is 9.82. The molecule has 0 aliphatic heterocycles. The number of hydrogen-bond donors (Lipinski definition) is 1. The number of rotatable bonds is 6. The summed E-state index contributed by atoms with van der Waals surface area (Å²) in [6.45, 7) is 1.87. The number of sulfone groups is 1. The van der Waals surface area contributed by atoms with Gasteiger partial charge in [0.25, 0.3) is 5.91 Å². The van der Waals surface area contributed by atoms with Gasteiger partial charge in [0.15, 0.2) is 15.0 Å². The Hall–Kier alpha value is -2.13. The molecule has 1 aromatic carbocycles. The van der Waals surface area contributed by atoms with Crippen LogP contribution in [0.3, 0.4) is 0 Å². The highest BCUT2D eigenvalue weighted by atomic mass is 32.2. The first-order chi connectivity index (χ1) is 14.2.